The fraction of sp³-hybridized carbons (Fsp3) is 0.500. The van der Waals surface area contributed by atoms with Crippen LogP contribution in [0, 0.1) is 12.8 Å². The maximum absolute atomic E-state index is 12.4. The lowest BCUT2D eigenvalue weighted by Crippen LogP contribution is -2.31. The van der Waals surface area contributed by atoms with Crippen LogP contribution in [0.25, 0.3) is 0 Å². The summed E-state index contributed by atoms with van der Waals surface area (Å²) in [6, 6.07) is 3.23. The number of nitrogens with zero attached hydrogens (tertiary/aromatic N) is 1. The molecule has 0 atom stereocenters. The van der Waals surface area contributed by atoms with E-state index in [0.717, 1.165) is 0 Å². The first kappa shape index (κ1) is 15.5. The summed E-state index contributed by atoms with van der Waals surface area (Å²) >= 11 is 3.29. The third-order valence-corrected chi connectivity index (χ3v) is 5.26. The molecule has 0 heterocycles. The quantitative estimate of drug-likeness (QED) is 0.861. The summed E-state index contributed by atoms with van der Waals surface area (Å²) in [7, 11) is -1.88. The summed E-state index contributed by atoms with van der Waals surface area (Å²) in [4.78, 5) is 0.270. The molecule has 0 saturated carbocycles. The van der Waals surface area contributed by atoms with E-state index in [-0.39, 0.29) is 10.8 Å². The van der Waals surface area contributed by atoms with Crippen molar-refractivity contribution < 1.29 is 8.42 Å². The fourth-order valence-electron chi connectivity index (χ4n) is 1.73. The molecule has 1 aromatic carbocycles. The van der Waals surface area contributed by atoms with Crippen molar-refractivity contribution in [3.63, 3.8) is 0 Å². The number of rotatable bonds is 4. The Labute approximate surface area is 117 Å². The Morgan fingerprint density at radius 3 is 2.44 bits per heavy atom. The van der Waals surface area contributed by atoms with Gasteiger partial charge in [-0.3, -0.25) is 0 Å². The number of aryl methyl sites for hydroxylation is 1. The molecule has 0 aromatic heterocycles. The normalized spacial score (nSPS) is 12.4. The number of nitrogens with two attached hydrogens (primary N) is 1. The second-order valence-electron chi connectivity index (χ2n) is 4.82. The first-order valence-corrected chi connectivity index (χ1v) is 7.91. The highest BCUT2D eigenvalue weighted by Gasteiger charge is 2.24. The predicted molar refractivity (Wildman–Crippen MR) is 77.9 cm³/mol. The molecule has 0 aliphatic carbocycles. The van der Waals surface area contributed by atoms with Crippen LogP contribution in [0.4, 0.5) is 5.69 Å². The summed E-state index contributed by atoms with van der Waals surface area (Å²) in [6.45, 7) is 6.21. The molecule has 1 rings (SSSR count). The van der Waals surface area contributed by atoms with Crippen molar-refractivity contribution in [2.24, 2.45) is 5.92 Å². The summed E-state index contributed by atoms with van der Waals surface area (Å²) in [5.74, 6) is 0.276. The zero-order valence-corrected chi connectivity index (χ0v) is 13.5. The Morgan fingerprint density at radius 2 is 1.94 bits per heavy atom. The fourth-order valence-corrected chi connectivity index (χ4v) is 3.76. The highest BCUT2D eigenvalue weighted by Crippen LogP contribution is 2.28. The maximum Gasteiger partial charge on any atom is 0.243 e. The Morgan fingerprint density at radius 1 is 1.39 bits per heavy atom. The largest absolute Gasteiger partial charge is 0.398 e. The van der Waals surface area contributed by atoms with E-state index in [2.05, 4.69) is 15.9 Å². The van der Waals surface area contributed by atoms with Gasteiger partial charge in [0.2, 0.25) is 10.0 Å². The van der Waals surface area contributed by atoms with Crippen molar-refractivity contribution in [3.8, 4) is 0 Å². The zero-order valence-electron chi connectivity index (χ0n) is 11.1. The molecule has 6 heteroatoms. The van der Waals surface area contributed by atoms with Crippen LogP contribution in [0.1, 0.15) is 19.4 Å². The molecule has 0 bridgehead atoms. The second-order valence-corrected chi connectivity index (χ2v) is 7.69. The number of anilines is 1. The van der Waals surface area contributed by atoms with E-state index in [1.54, 1.807) is 20.0 Å². The van der Waals surface area contributed by atoms with E-state index in [1.807, 2.05) is 13.8 Å². The van der Waals surface area contributed by atoms with E-state index in [9.17, 15) is 8.42 Å². The van der Waals surface area contributed by atoms with Gasteiger partial charge in [-0.25, -0.2) is 12.7 Å². The van der Waals surface area contributed by atoms with E-state index < -0.39 is 10.0 Å². The molecule has 0 fully saturated rings. The molecule has 0 radical (unpaired) electrons. The smallest absolute Gasteiger partial charge is 0.243 e. The minimum absolute atomic E-state index is 0.270. The van der Waals surface area contributed by atoms with Crippen molar-refractivity contribution in [1.82, 2.24) is 4.31 Å². The highest BCUT2D eigenvalue weighted by molar-refractivity contribution is 9.10. The average Bonchev–Trinajstić information content (AvgIpc) is 2.22. The summed E-state index contributed by atoms with van der Waals surface area (Å²) in [5.41, 5.74) is 6.87. The van der Waals surface area contributed by atoms with E-state index in [1.165, 1.54) is 10.4 Å². The van der Waals surface area contributed by atoms with E-state index in [0.29, 0.717) is 22.3 Å². The Kier molecular flexibility index (Phi) is 4.80. The third kappa shape index (κ3) is 3.24. The van der Waals surface area contributed by atoms with Crippen molar-refractivity contribution in [2.45, 2.75) is 25.7 Å². The first-order valence-electron chi connectivity index (χ1n) is 5.68. The van der Waals surface area contributed by atoms with E-state index >= 15 is 0 Å². The highest BCUT2D eigenvalue weighted by atomic mass is 79.9. The van der Waals surface area contributed by atoms with Gasteiger partial charge in [0.25, 0.3) is 0 Å². The number of benzene rings is 1. The number of nitrogen functional groups attached to an aromatic ring is 1. The topological polar surface area (TPSA) is 63.4 Å². The van der Waals surface area contributed by atoms with Gasteiger partial charge in [-0.15, -0.1) is 0 Å². The first-order chi connectivity index (χ1) is 8.16. The minimum atomic E-state index is -3.47. The summed E-state index contributed by atoms with van der Waals surface area (Å²) < 4.78 is 26.9. The van der Waals surface area contributed by atoms with Crippen LogP contribution >= 0.6 is 15.9 Å². The average molecular weight is 335 g/mol. The second kappa shape index (κ2) is 5.59. The number of hydrogen-bond donors (Lipinski definition) is 1. The molecule has 18 heavy (non-hydrogen) atoms. The Balaban J connectivity index is 3.24. The summed E-state index contributed by atoms with van der Waals surface area (Å²) in [6.07, 6.45) is 0. The van der Waals surface area contributed by atoms with Crippen molar-refractivity contribution in [3.05, 3.63) is 22.2 Å². The molecule has 0 amide bonds. The van der Waals surface area contributed by atoms with Gasteiger partial charge in [-0.05, 0) is 46.5 Å². The van der Waals surface area contributed by atoms with Crippen LogP contribution in [-0.4, -0.2) is 26.3 Å². The van der Waals surface area contributed by atoms with Gasteiger partial charge in [-0.1, -0.05) is 13.8 Å². The van der Waals surface area contributed by atoms with Crippen LogP contribution in [-0.2, 0) is 10.0 Å². The molecule has 0 spiro atoms. The molecular formula is C12H19BrN2O2S. The van der Waals surface area contributed by atoms with Gasteiger partial charge in [0.1, 0.15) is 0 Å². The monoisotopic (exact) mass is 334 g/mol. The molecular weight excluding hydrogens is 316 g/mol. The standard InChI is InChI=1S/C12H19BrN2O2S/c1-8(2)7-15(4)18(16,17)12-6-11(14)10(13)5-9(12)3/h5-6,8H,7,14H2,1-4H3. The van der Waals surface area contributed by atoms with Gasteiger partial charge in [0.15, 0.2) is 0 Å². The Bertz CT molecular complexity index is 541. The maximum atomic E-state index is 12.4. The molecule has 2 N–H and O–H groups in total. The lowest BCUT2D eigenvalue weighted by atomic mass is 10.2. The summed E-state index contributed by atoms with van der Waals surface area (Å²) in [5, 5.41) is 0. The molecule has 102 valence electrons. The van der Waals surface area contributed by atoms with Crippen molar-refractivity contribution in [1.29, 1.82) is 0 Å². The molecule has 1 aromatic rings. The van der Waals surface area contributed by atoms with Crippen LogP contribution in [0.5, 0.6) is 0 Å². The SMILES string of the molecule is Cc1cc(Br)c(N)cc1S(=O)(=O)N(C)CC(C)C. The van der Waals surface area contributed by atoms with Gasteiger partial charge in [0.05, 0.1) is 4.90 Å². The molecule has 4 nitrogen and oxygen atoms in total. The van der Waals surface area contributed by atoms with Crippen LogP contribution in [0.3, 0.4) is 0 Å². The van der Waals surface area contributed by atoms with Crippen LogP contribution in [0.15, 0.2) is 21.5 Å². The number of sulfonamides is 1. The third-order valence-electron chi connectivity index (χ3n) is 2.60. The zero-order chi connectivity index (χ0) is 14.1. The molecule has 0 saturated heterocycles. The van der Waals surface area contributed by atoms with Gasteiger partial charge < -0.3 is 5.73 Å². The van der Waals surface area contributed by atoms with Gasteiger partial charge in [-0.2, -0.15) is 0 Å². The number of halogens is 1. The van der Waals surface area contributed by atoms with E-state index in [4.69, 9.17) is 5.73 Å². The Hall–Kier alpha value is -0.590. The predicted octanol–water partition coefficient (Wildman–Crippen LogP) is 2.62. The van der Waals surface area contributed by atoms with Crippen molar-refractivity contribution in [2.75, 3.05) is 19.3 Å². The molecule has 0 aliphatic heterocycles. The lowest BCUT2D eigenvalue weighted by Gasteiger charge is -2.20. The van der Waals surface area contributed by atoms with Gasteiger partial charge >= 0.3 is 0 Å². The lowest BCUT2D eigenvalue weighted by molar-refractivity contribution is 0.417. The molecule has 0 aliphatic rings. The van der Waals surface area contributed by atoms with Crippen LogP contribution in [0.2, 0.25) is 0 Å². The van der Waals surface area contributed by atoms with Crippen LogP contribution < -0.4 is 5.73 Å². The van der Waals surface area contributed by atoms with Crippen molar-refractivity contribution >= 4 is 31.6 Å². The van der Waals surface area contributed by atoms with Gasteiger partial charge in [0, 0.05) is 23.8 Å². The molecule has 0 unspecified atom stereocenters. The number of hydrogen-bond acceptors (Lipinski definition) is 3. The minimum Gasteiger partial charge on any atom is -0.398 e.